The number of aliphatic hydroxyl groups excluding tert-OH is 1. The van der Waals surface area contributed by atoms with Crippen LogP contribution in [0.1, 0.15) is 0 Å². The van der Waals surface area contributed by atoms with Gasteiger partial charge in [-0.05, 0) is 0 Å². The molecule has 2 unspecified atom stereocenters. The Labute approximate surface area is 78.1 Å². The number of hydrogen-bond acceptors (Lipinski definition) is 3. The lowest BCUT2D eigenvalue weighted by Gasteiger charge is -2.13. The molecule has 1 rings (SSSR count). The lowest BCUT2D eigenvalue weighted by atomic mass is 9.96. The Hall–Kier alpha value is -0.320. The molecule has 1 amide bonds. The van der Waals surface area contributed by atoms with E-state index in [1.54, 1.807) is 7.05 Å². The summed E-state index contributed by atoms with van der Waals surface area (Å²) < 4.78 is 0. The van der Waals surface area contributed by atoms with Gasteiger partial charge in [-0.2, -0.15) is 0 Å². The van der Waals surface area contributed by atoms with E-state index in [9.17, 15) is 4.79 Å². The van der Waals surface area contributed by atoms with Crippen LogP contribution in [0.25, 0.3) is 0 Å². The van der Waals surface area contributed by atoms with Gasteiger partial charge >= 0.3 is 0 Å². The topological polar surface area (TPSA) is 61.4 Å². The Kier molecular flexibility index (Phi) is 5.20. The molecule has 1 aliphatic heterocycles. The number of nitrogens with one attached hydrogen (secondary N) is 2. The highest BCUT2D eigenvalue weighted by Crippen LogP contribution is 2.15. The maximum Gasteiger partial charge on any atom is 0.224 e. The predicted molar refractivity (Wildman–Crippen MR) is 48.3 cm³/mol. The summed E-state index contributed by atoms with van der Waals surface area (Å²) >= 11 is 0. The lowest BCUT2D eigenvalue weighted by Crippen LogP contribution is -2.33. The van der Waals surface area contributed by atoms with Crippen LogP contribution < -0.4 is 10.6 Å². The number of halogens is 1. The van der Waals surface area contributed by atoms with Gasteiger partial charge in [0.25, 0.3) is 0 Å². The molecular weight excluding hydrogens is 180 g/mol. The Bertz CT molecular complexity index is 154. The summed E-state index contributed by atoms with van der Waals surface area (Å²) in [5, 5.41) is 14.5. The third-order valence-corrected chi connectivity index (χ3v) is 2.16. The van der Waals surface area contributed by atoms with Gasteiger partial charge in [-0.1, -0.05) is 0 Å². The van der Waals surface area contributed by atoms with Crippen molar-refractivity contribution in [3.8, 4) is 0 Å². The predicted octanol–water partition coefficient (Wildman–Crippen LogP) is -1.02. The zero-order valence-electron chi connectivity index (χ0n) is 7.04. The first-order chi connectivity index (χ1) is 5.29. The molecule has 1 aliphatic rings. The van der Waals surface area contributed by atoms with E-state index in [1.807, 2.05) is 0 Å². The van der Waals surface area contributed by atoms with Crippen molar-refractivity contribution in [2.24, 2.45) is 11.8 Å². The van der Waals surface area contributed by atoms with Crippen LogP contribution in [-0.2, 0) is 4.79 Å². The third kappa shape index (κ3) is 2.33. The van der Waals surface area contributed by atoms with Crippen molar-refractivity contribution in [1.29, 1.82) is 0 Å². The fourth-order valence-electron chi connectivity index (χ4n) is 1.42. The second-order valence-electron chi connectivity index (χ2n) is 2.82. The van der Waals surface area contributed by atoms with E-state index in [-0.39, 0.29) is 36.8 Å². The molecule has 0 aromatic carbocycles. The molecule has 12 heavy (non-hydrogen) atoms. The van der Waals surface area contributed by atoms with E-state index in [2.05, 4.69) is 10.6 Å². The largest absolute Gasteiger partial charge is 0.396 e. The lowest BCUT2D eigenvalue weighted by molar-refractivity contribution is -0.125. The molecule has 0 bridgehead atoms. The third-order valence-electron chi connectivity index (χ3n) is 2.16. The molecule has 72 valence electrons. The van der Waals surface area contributed by atoms with Crippen LogP contribution in [0.15, 0.2) is 0 Å². The Morgan fingerprint density at radius 3 is 2.83 bits per heavy atom. The second-order valence-corrected chi connectivity index (χ2v) is 2.82. The van der Waals surface area contributed by atoms with Crippen LogP contribution in [0, 0.1) is 11.8 Å². The summed E-state index contributed by atoms with van der Waals surface area (Å²) in [4.78, 5) is 11.1. The Balaban J connectivity index is 0.00000121. The Morgan fingerprint density at radius 1 is 1.67 bits per heavy atom. The molecule has 4 nitrogen and oxygen atoms in total. The van der Waals surface area contributed by atoms with Crippen molar-refractivity contribution in [1.82, 2.24) is 10.6 Å². The van der Waals surface area contributed by atoms with Gasteiger partial charge in [0.15, 0.2) is 0 Å². The Morgan fingerprint density at radius 2 is 2.33 bits per heavy atom. The van der Waals surface area contributed by atoms with E-state index < -0.39 is 0 Å². The zero-order chi connectivity index (χ0) is 8.27. The molecule has 5 heteroatoms. The molecule has 0 aliphatic carbocycles. The summed E-state index contributed by atoms with van der Waals surface area (Å²) in [5.41, 5.74) is 0. The summed E-state index contributed by atoms with van der Waals surface area (Å²) in [6, 6.07) is 0. The van der Waals surface area contributed by atoms with Crippen LogP contribution in [0.4, 0.5) is 0 Å². The van der Waals surface area contributed by atoms with Crippen LogP contribution >= 0.6 is 12.4 Å². The minimum atomic E-state index is -0.0509. The van der Waals surface area contributed by atoms with Crippen molar-refractivity contribution in [3.63, 3.8) is 0 Å². The van der Waals surface area contributed by atoms with E-state index in [4.69, 9.17) is 5.11 Å². The standard InChI is InChI=1S/C7H14N2O2.ClH/c1-8-7(11)6-3-9-2-5(6)4-10;/h5-6,9-10H,2-4H2,1H3,(H,8,11);1H. The number of carbonyl (C=O) groups is 1. The number of amides is 1. The summed E-state index contributed by atoms with van der Waals surface area (Å²) in [5.74, 6) is 0.0639. The molecule has 0 aromatic heterocycles. The highest BCUT2D eigenvalue weighted by atomic mass is 35.5. The molecule has 1 heterocycles. The quantitative estimate of drug-likeness (QED) is 0.528. The molecule has 0 radical (unpaired) electrons. The first-order valence-electron chi connectivity index (χ1n) is 3.82. The average Bonchev–Trinajstić information content (AvgIpc) is 2.50. The highest BCUT2D eigenvalue weighted by Gasteiger charge is 2.31. The molecule has 0 spiro atoms. The van der Waals surface area contributed by atoms with Crippen molar-refractivity contribution in [2.45, 2.75) is 0 Å². The normalized spacial score (nSPS) is 27.8. The smallest absolute Gasteiger partial charge is 0.224 e. The van der Waals surface area contributed by atoms with Gasteiger partial charge < -0.3 is 15.7 Å². The first kappa shape index (κ1) is 11.7. The number of carbonyl (C=O) groups excluding carboxylic acids is 1. The van der Waals surface area contributed by atoms with E-state index in [0.717, 1.165) is 6.54 Å². The van der Waals surface area contributed by atoms with Crippen molar-refractivity contribution in [2.75, 3.05) is 26.7 Å². The van der Waals surface area contributed by atoms with Crippen molar-refractivity contribution < 1.29 is 9.90 Å². The van der Waals surface area contributed by atoms with Gasteiger partial charge in [-0.15, -0.1) is 12.4 Å². The minimum absolute atomic E-state index is 0. The fourth-order valence-corrected chi connectivity index (χ4v) is 1.42. The van der Waals surface area contributed by atoms with Crippen LogP contribution in [0.2, 0.25) is 0 Å². The highest BCUT2D eigenvalue weighted by molar-refractivity contribution is 5.85. The monoisotopic (exact) mass is 194 g/mol. The molecule has 0 aromatic rings. The van der Waals surface area contributed by atoms with E-state index >= 15 is 0 Å². The van der Waals surface area contributed by atoms with Crippen molar-refractivity contribution >= 4 is 18.3 Å². The molecular formula is C7H15ClN2O2. The van der Waals surface area contributed by atoms with Crippen molar-refractivity contribution in [3.05, 3.63) is 0 Å². The van der Waals surface area contributed by atoms with Gasteiger partial charge in [-0.3, -0.25) is 4.79 Å². The maximum absolute atomic E-state index is 11.1. The number of hydrogen-bond donors (Lipinski definition) is 3. The summed E-state index contributed by atoms with van der Waals surface area (Å²) in [6.07, 6.45) is 0. The maximum atomic E-state index is 11.1. The second kappa shape index (κ2) is 5.35. The van der Waals surface area contributed by atoms with Gasteiger partial charge in [0.2, 0.25) is 5.91 Å². The average molecular weight is 195 g/mol. The fraction of sp³-hybridized carbons (Fsp3) is 0.857. The van der Waals surface area contributed by atoms with E-state index in [0.29, 0.717) is 6.54 Å². The number of rotatable bonds is 2. The van der Waals surface area contributed by atoms with Crippen LogP contribution in [0.5, 0.6) is 0 Å². The molecule has 3 N–H and O–H groups in total. The molecule has 1 saturated heterocycles. The van der Waals surface area contributed by atoms with Crippen LogP contribution in [-0.4, -0.2) is 37.8 Å². The molecule has 2 atom stereocenters. The molecule has 1 fully saturated rings. The minimum Gasteiger partial charge on any atom is -0.396 e. The molecule has 0 saturated carbocycles. The SMILES string of the molecule is CNC(=O)C1CNCC1CO.Cl. The van der Waals surface area contributed by atoms with Gasteiger partial charge in [0.05, 0.1) is 5.92 Å². The number of aliphatic hydroxyl groups is 1. The summed E-state index contributed by atoms with van der Waals surface area (Å²) in [7, 11) is 1.62. The van der Waals surface area contributed by atoms with Gasteiger partial charge in [0, 0.05) is 32.7 Å². The first-order valence-corrected chi connectivity index (χ1v) is 3.82. The van der Waals surface area contributed by atoms with E-state index in [1.165, 1.54) is 0 Å². The summed E-state index contributed by atoms with van der Waals surface area (Å²) in [6.45, 7) is 1.52. The van der Waals surface area contributed by atoms with Crippen LogP contribution in [0.3, 0.4) is 0 Å². The van der Waals surface area contributed by atoms with Gasteiger partial charge in [0.1, 0.15) is 0 Å². The zero-order valence-corrected chi connectivity index (χ0v) is 7.86. The van der Waals surface area contributed by atoms with Gasteiger partial charge in [-0.25, -0.2) is 0 Å².